The van der Waals surface area contributed by atoms with Crippen LogP contribution in [0.4, 0.5) is 0 Å². The summed E-state index contributed by atoms with van der Waals surface area (Å²) < 4.78 is 1.61. The van der Waals surface area contributed by atoms with Crippen molar-refractivity contribution >= 4 is 5.91 Å². The number of aromatic nitrogens is 2. The van der Waals surface area contributed by atoms with E-state index >= 15 is 0 Å². The Labute approximate surface area is 93.9 Å². The molecule has 0 saturated heterocycles. The molecule has 0 aliphatic heterocycles. The molecule has 0 unspecified atom stereocenters. The zero-order valence-corrected chi connectivity index (χ0v) is 9.05. The zero-order valence-electron chi connectivity index (χ0n) is 9.05. The Hall–Kier alpha value is -2.10. The zero-order chi connectivity index (χ0) is 11.4. The molecule has 2 rings (SSSR count). The monoisotopic (exact) mass is 215 g/mol. The Balaban J connectivity index is 1.94. The van der Waals surface area contributed by atoms with Gasteiger partial charge in [-0.1, -0.05) is 30.3 Å². The number of amides is 1. The van der Waals surface area contributed by atoms with Crippen molar-refractivity contribution in [2.24, 2.45) is 7.05 Å². The fourth-order valence-corrected chi connectivity index (χ4v) is 1.40. The maximum atomic E-state index is 11.6. The van der Waals surface area contributed by atoms with E-state index in [0.29, 0.717) is 12.2 Å². The van der Waals surface area contributed by atoms with Crippen LogP contribution in [0, 0.1) is 0 Å². The Kier molecular flexibility index (Phi) is 3.00. The van der Waals surface area contributed by atoms with Gasteiger partial charge in [0.25, 0.3) is 5.91 Å². The molecule has 4 heteroatoms. The molecule has 82 valence electrons. The van der Waals surface area contributed by atoms with E-state index in [2.05, 4.69) is 10.4 Å². The second-order valence-electron chi connectivity index (χ2n) is 3.54. The summed E-state index contributed by atoms with van der Waals surface area (Å²) in [6.45, 7) is 0.524. The van der Waals surface area contributed by atoms with Gasteiger partial charge < -0.3 is 5.32 Å². The van der Waals surface area contributed by atoms with Gasteiger partial charge in [0.2, 0.25) is 0 Å². The third-order valence-corrected chi connectivity index (χ3v) is 2.24. The number of benzene rings is 1. The molecular weight excluding hydrogens is 202 g/mol. The smallest absolute Gasteiger partial charge is 0.272 e. The first-order valence-corrected chi connectivity index (χ1v) is 5.07. The molecule has 0 fully saturated rings. The molecule has 0 radical (unpaired) electrons. The van der Waals surface area contributed by atoms with Crippen LogP contribution in [0.5, 0.6) is 0 Å². The maximum Gasteiger partial charge on any atom is 0.272 e. The summed E-state index contributed by atoms with van der Waals surface area (Å²) in [5.74, 6) is -0.149. The van der Waals surface area contributed by atoms with Gasteiger partial charge in [0, 0.05) is 19.8 Å². The summed E-state index contributed by atoms with van der Waals surface area (Å²) in [7, 11) is 1.79. The van der Waals surface area contributed by atoms with Crippen molar-refractivity contribution < 1.29 is 4.79 Å². The van der Waals surface area contributed by atoms with Gasteiger partial charge in [-0.2, -0.15) is 5.10 Å². The number of hydrogen-bond donors (Lipinski definition) is 1. The fraction of sp³-hybridized carbons (Fsp3) is 0.167. The second-order valence-corrected chi connectivity index (χ2v) is 3.54. The molecule has 0 spiro atoms. The van der Waals surface area contributed by atoms with Crippen molar-refractivity contribution in [3.63, 3.8) is 0 Å². The minimum absolute atomic E-state index is 0.149. The third kappa shape index (κ3) is 2.48. The van der Waals surface area contributed by atoms with Crippen LogP contribution >= 0.6 is 0 Å². The number of nitrogens with one attached hydrogen (secondary N) is 1. The predicted octanol–water partition coefficient (Wildman–Crippen LogP) is 1.35. The molecule has 0 bridgehead atoms. The Morgan fingerprint density at radius 3 is 2.69 bits per heavy atom. The number of carbonyl (C=O) groups excluding carboxylic acids is 1. The minimum Gasteiger partial charge on any atom is -0.347 e. The van der Waals surface area contributed by atoms with E-state index in [4.69, 9.17) is 0 Å². The molecule has 0 atom stereocenters. The molecule has 1 heterocycles. The van der Waals surface area contributed by atoms with Crippen molar-refractivity contribution in [1.29, 1.82) is 0 Å². The maximum absolute atomic E-state index is 11.6. The molecule has 1 aromatic heterocycles. The number of aryl methyl sites for hydroxylation is 1. The first kappa shape index (κ1) is 10.4. The molecule has 2 aromatic rings. The highest BCUT2D eigenvalue weighted by atomic mass is 16.1. The topological polar surface area (TPSA) is 46.9 Å². The van der Waals surface area contributed by atoms with Crippen molar-refractivity contribution in [2.75, 3.05) is 0 Å². The molecule has 16 heavy (non-hydrogen) atoms. The normalized spacial score (nSPS) is 10.1. The lowest BCUT2D eigenvalue weighted by atomic mass is 10.2. The summed E-state index contributed by atoms with van der Waals surface area (Å²) in [5.41, 5.74) is 1.52. The van der Waals surface area contributed by atoms with E-state index in [1.165, 1.54) is 0 Å². The van der Waals surface area contributed by atoms with Crippen LogP contribution in [-0.2, 0) is 13.6 Å². The first-order valence-electron chi connectivity index (χ1n) is 5.07. The summed E-state index contributed by atoms with van der Waals surface area (Å²) in [5, 5.41) is 6.84. The van der Waals surface area contributed by atoms with Crippen molar-refractivity contribution in [3.05, 3.63) is 53.9 Å². The average Bonchev–Trinajstić information content (AvgIpc) is 2.74. The van der Waals surface area contributed by atoms with Gasteiger partial charge in [0.05, 0.1) is 0 Å². The average molecular weight is 215 g/mol. The van der Waals surface area contributed by atoms with E-state index in [-0.39, 0.29) is 5.91 Å². The largest absolute Gasteiger partial charge is 0.347 e. The predicted molar refractivity (Wildman–Crippen MR) is 60.8 cm³/mol. The minimum atomic E-state index is -0.149. The van der Waals surface area contributed by atoms with Crippen LogP contribution < -0.4 is 5.32 Å². The fourth-order valence-electron chi connectivity index (χ4n) is 1.40. The molecule has 0 aliphatic carbocycles. The van der Waals surface area contributed by atoms with E-state index in [9.17, 15) is 4.79 Å². The van der Waals surface area contributed by atoms with E-state index in [1.807, 2.05) is 30.3 Å². The highest BCUT2D eigenvalue weighted by Gasteiger charge is 2.07. The summed E-state index contributed by atoms with van der Waals surface area (Å²) in [6, 6.07) is 11.5. The summed E-state index contributed by atoms with van der Waals surface area (Å²) in [4.78, 5) is 11.6. The molecule has 4 nitrogen and oxygen atoms in total. The molecule has 1 amide bonds. The molecule has 1 aromatic carbocycles. The van der Waals surface area contributed by atoms with Gasteiger partial charge in [0.1, 0.15) is 5.69 Å². The molecular formula is C12H13N3O. The number of rotatable bonds is 3. The quantitative estimate of drug-likeness (QED) is 0.840. The van der Waals surface area contributed by atoms with Gasteiger partial charge in [-0.15, -0.1) is 0 Å². The lowest BCUT2D eigenvalue weighted by molar-refractivity contribution is 0.0945. The highest BCUT2D eigenvalue weighted by Crippen LogP contribution is 1.99. The standard InChI is InChI=1S/C12H13N3O/c1-15-8-7-11(14-15)12(16)13-9-10-5-3-2-4-6-10/h2-8H,9H2,1H3,(H,13,16). The lowest BCUT2D eigenvalue weighted by Crippen LogP contribution is -2.23. The van der Waals surface area contributed by atoms with Crippen LogP contribution in [0.2, 0.25) is 0 Å². The van der Waals surface area contributed by atoms with Gasteiger partial charge in [-0.05, 0) is 11.6 Å². The highest BCUT2D eigenvalue weighted by molar-refractivity contribution is 5.92. The summed E-state index contributed by atoms with van der Waals surface area (Å²) >= 11 is 0. The van der Waals surface area contributed by atoms with Crippen molar-refractivity contribution in [2.45, 2.75) is 6.54 Å². The Morgan fingerprint density at radius 2 is 2.06 bits per heavy atom. The van der Waals surface area contributed by atoms with Crippen LogP contribution in [0.15, 0.2) is 42.6 Å². The molecule has 1 N–H and O–H groups in total. The van der Waals surface area contributed by atoms with Crippen molar-refractivity contribution in [3.8, 4) is 0 Å². The van der Waals surface area contributed by atoms with Gasteiger partial charge in [-0.3, -0.25) is 9.48 Å². The third-order valence-electron chi connectivity index (χ3n) is 2.24. The Morgan fingerprint density at radius 1 is 1.31 bits per heavy atom. The van der Waals surface area contributed by atoms with Gasteiger partial charge >= 0.3 is 0 Å². The number of carbonyl (C=O) groups is 1. The van der Waals surface area contributed by atoms with E-state index in [0.717, 1.165) is 5.56 Å². The van der Waals surface area contributed by atoms with Crippen molar-refractivity contribution in [1.82, 2.24) is 15.1 Å². The van der Waals surface area contributed by atoms with Crippen LogP contribution in [0.3, 0.4) is 0 Å². The first-order chi connectivity index (χ1) is 7.75. The number of hydrogen-bond acceptors (Lipinski definition) is 2. The second kappa shape index (κ2) is 4.61. The van der Waals surface area contributed by atoms with E-state index in [1.54, 1.807) is 24.0 Å². The van der Waals surface area contributed by atoms with Crippen LogP contribution in [-0.4, -0.2) is 15.7 Å². The Bertz CT molecular complexity index is 476. The van der Waals surface area contributed by atoms with Gasteiger partial charge in [-0.25, -0.2) is 0 Å². The SMILES string of the molecule is Cn1ccc(C(=O)NCc2ccccc2)n1. The lowest BCUT2D eigenvalue weighted by Gasteiger charge is -2.02. The number of nitrogens with zero attached hydrogens (tertiary/aromatic N) is 2. The van der Waals surface area contributed by atoms with E-state index < -0.39 is 0 Å². The molecule has 0 aliphatic rings. The van der Waals surface area contributed by atoms with Crippen LogP contribution in [0.25, 0.3) is 0 Å². The van der Waals surface area contributed by atoms with Crippen LogP contribution in [0.1, 0.15) is 16.1 Å². The summed E-state index contributed by atoms with van der Waals surface area (Å²) in [6.07, 6.45) is 1.75. The molecule has 0 saturated carbocycles. The van der Waals surface area contributed by atoms with Gasteiger partial charge in [0.15, 0.2) is 0 Å².